The van der Waals surface area contributed by atoms with Gasteiger partial charge in [-0.05, 0) is 71.8 Å². The summed E-state index contributed by atoms with van der Waals surface area (Å²) < 4.78 is 6.46. The molecule has 4 nitrogen and oxygen atoms in total. The van der Waals surface area contributed by atoms with Crippen LogP contribution in [0, 0.1) is 12.3 Å². The number of hydrogen-bond acceptors (Lipinski definition) is 3. The van der Waals surface area contributed by atoms with E-state index in [-0.39, 0.29) is 22.7 Å². The van der Waals surface area contributed by atoms with Crippen molar-refractivity contribution in [1.29, 1.82) is 0 Å². The maximum atomic E-state index is 6.46. The van der Waals surface area contributed by atoms with Crippen LogP contribution >= 0.6 is 0 Å². The van der Waals surface area contributed by atoms with Crippen LogP contribution in [0.15, 0.2) is 6.20 Å². The fraction of sp³-hybridized carbons (Fsp3) is 0.818. The van der Waals surface area contributed by atoms with Gasteiger partial charge in [-0.2, -0.15) is 5.10 Å². The van der Waals surface area contributed by atoms with E-state index in [1.807, 2.05) is 0 Å². The lowest BCUT2D eigenvalue weighted by Crippen LogP contribution is -2.39. The Labute approximate surface area is 160 Å². The predicted octanol–water partition coefficient (Wildman–Crippen LogP) is 5.08. The zero-order chi connectivity index (χ0) is 19.2. The molecule has 147 valence electrons. The van der Waals surface area contributed by atoms with Crippen LogP contribution in [0.4, 0.5) is 0 Å². The Balaban J connectivity index is 1.63. The molecule has 1 aliphatic carbocycles. The molecule has 1 saturated carbocycles. The van der Waals surface area contributed by atoms with Gasteiger partial charge in [0.1, 0.15) is 0 Å². The number of nitrogens with zero attached hydrogens (tertiary/aromatic N) is 2. The van der Waals surface area contributed by atoms with Gasteiger partial charge in [0.2, 0.25) is 0 Å². The molecule has 1 radical (unpaired) electrons. The molecule has 1 aromatic rings. The normalized spacial score (nSPS) is 30.2. The molecule has 2 aliphatic rings. The highest BCUT2D eigenvalue weighted by atomic mass is 16.5. The zero-order valence-corrected chi connectivity index (χ0v) is 17.7. The van der Waals surface area contributed by atoms with Crippen molar-refractivity contribution in [2.75, 3.05) is 7.05 Å². The van der Waals surface area contributed by atoms with E-state index in [0.717, 1.165) is 6.54 Å². The van der Waals surface area contributed by atoms with Crippen LogP contribution in [0.1, 0.15) is 90.3 Å². The third-order valence-corrected chi connectivity index (χ3v) is 6.66. The molecule has 0 aromatic carbocycles. The number of rotatable bonds is 4. The standard InChI is InChI=1S/C22H38N3O/c1-16(20(2,3)4)25(7)15-18-14-23-24-19(18)17-8-10-22(11-9-17)13-12-21(5,6)26-22/h14,16-17H,1,8-13,15H2,2-7H3,(H,23,24). The molecule has 3 rings (SSSR count). The van der Waals surface area contributed by atoms with E-state index < -0.39 is 0 Å². The van der Waals surface area contributed by atoms with E-state index in [4.69, 9.17) is 4.74 Å². The Kier molecular flexibility index (Phi) is 5.31. The quantitative estimate of drug-likeness (QED) is 0.814. The molecule has 2 heterocycles. The van der Waals surface area contributed by atoms with Crippen LogP contribution in [-0.2, 0) is 11.3 Å². The molecule has 1 aliphatic heterocycles. The topological polar surface area (TPSA) is 41.2 Å². The summed E-state index contributed by atoms with van der Waals surface area (Å²) >= 11 is 0. The minimum absolute atomic E-state index is 0.0587. The second-order valence-electron chi connectivity index (χ2n) is 10.4. The van der Waals surface area contributed by atoms with E-state index in [1.165, 1.54) is 49.8 Å². The number of hydrogen-bond donors (Lipinski definition) is 1. The molecule has 4 heteroatoms. The van der Waals surface area contributed by atoms with Gasteiger partial charge in [-0.1, -0.05) is 20.8 Å². The van der Waals surface area contributed by atoms with Crippen LogP contribution < -0.4 is 0 Å². The van der Waals surface area contributed by atoms with Crippen LogP contribution in [0.3, 0.4) is 0 Å². The zero-order valence-electron chi connectivity index (χ0n) is 17.7. The monoisotopic (exact) mass is 360 g/mol. The average Bonchev–Trinajstić information content (AvgIpc) is 3.11. The van der Waals surface area contributed by atoms with Gasteiger partial charge in [0.05, 0.1) is 16.9 Å². The third kappa shape index (κ3) is 4.17. The molecule has 1 unspecified atom stereocenters. The fourth-order valence-electron chi connectivity index (χ4n) is 4.83. The highest BCUT2D eigenvalue weighted by Crippen LogP contribution is 2.49. The third-order valence-electron chi connectivity index (χ3n) is 6.66. The maximum absolute atomic E-state index is 6.46. The SMILES string of the molecule is [CH2]C(N(C)Cc1c[nH]nc1C1CCC2(CC1)CCC(C)(C)O2)C(C)(C)C. The van der Waals surface area contributed by atoms with Crippen molar-refractivity contribution < 1.29 is 4.74 Å². The van der Waals surface area contributed by atoms with Crippen molar-refractivity contribution in [3.05, 3.63) is 24.4 Å². The summed E-state index contributed by atoms with van der Waals surface area (Å²) in [6, 6.07) is 0.272. The largest absolute Gasteiger partial charge is 0.369 e. The van der Waals surface area contributed by atoms with Gasteiger partial charge in [-0.25, -0.2) is 0 Å². The van der Waals surface area contributed by atoms with E-state index in [2.05, 4.69) is 69.9 Å². The average molecular weight is 361 g/mol. The highest BCUT2D eigenvalue weighted by Gasteiger charge is 2.46. The van der Waals surface area contributed by atoms with Crippen molar-refractivity contribution in [1.82, 2.24) is 15.1 Å². The van der Waals surface area contributed by atoms with Crippen molar-refractivity contribution in [2.45, 2.75) is 103 Å². The van der Waals surface area contributed by atoms with Crippen molar-refractivity contribution in [3.63, 3.8) is 0 Å². The fourth-order valence-corrected chi connectivity index (χ4v) is 4.83. The van der Waals surface area contributed by atoms with Crippen LogP contribution in [0.25, 0.3) is 0 Å². The Bertz CT molecular complexity index is 605. The van der Waals surface area contributed by atoms with Gasteiger partial charge in [0.25, 0.3) is 0 Å². The first-order valence-corrected chi connectivity index (χ1v) is 10.3. The van der Waals surface area contributed by atoms with Gasteiger partial charge in [0, 0.05) is 30.3 Å². The molecule has 1 atom stereocenters. The summed E-state index contributed by atoms with van der Waals surface area (Å²) in [6.07, 6.45) is 9.20. The van der Waals surface area contributed by atoms with Crippen LogP contribution in [0.2, 0.25) is 0 Å². The Morgan fingerprint density at radius 2 is 1.92 bits per heavy atom. The molecule has 26 heavy (non-hydrogen) atoms. The van der Waals surface area contributed by atoms with Crippen molar-refractivity contribution in [2.24, 2.45) is 5.41 Å². The van der Waals surface area contributed by atoms with Crippen LogP contribution in [0.5, 0.6) is 0 Å². The summed E-state index contributed by atoms with van der Waals surface area (Å²) in [4.78, 5) is 2.35. The van der Waals surface area contributed by atoms with Crippen molar-refractivity contribution >= 4 is 0 Å². The molecule has 2 fully saturated rings. The molecule has 0 bridgehead atoms. The Morgan fingerprint density at radius 1 is 1.27 bits per heavy atom. The molecule has 0 amide bonds. The first kappa shape index (κ1) is 19.9. The number of ether oxygens (including phenoxy) is 1. The van der Waals surface area contributed by atoms with Gasteiger partial charge in [0.15, 0.2) is 0 Å². The van der Waals surface area contributed by atoms with E-state index in [9.17, 15) is 0 Å². The first-order valence-electron chi connectivity index (χ1n) is 10.3. The van der Waals surface area contributed by atoms with E-state index >= 15 is 0 Å². The summed E-state index contributed by atoms with van der Waals surface area (Å²) in [7, 11) is 2.17. The van der Waals surface area contributed by atoms with Crippen molar-refractivity contribution in [3.8, 4) is 0 Å². The number of H-pyrrole nitrogens is 1. The molecule has 1 aromatic heterocycles. The van der Waals surface area contributed by atoms with Gasteiger partial charge >= 0.3 is 0 Å². The summed E-state index contributed by atoms with van der Waals surface area (Å²) in [5, 5.41) is 7.77. The number of aromatic nitrogens is 2. The number of aromatic amines is 1. The van der Waals surface area contributed by atoms with E-state index in [0.29, 0.717) is 5.92 Å². The molecule has 1 spiro atoms. The lowest BCUT2D eigenvalue weighted by Gasteiger charge is -2.38. The molecular weight excluding hydrogens is 322 g/mol. The minimum atomic E-state index is 0.0587. The predicted molar refractivity (Wildman–Crippen MR) is 107 cm³/mol. The molecule has 1 N–H and O–H groups in total. The molecule has 1 saturated heterocycles. The lowest BCUT2D eigenvalue weighted by atomic mass is 9.75. The number of nitrogens with one attached hydrogen (secondary N) is 1. The summed E-state index contributed by atoms with van der Waals surface area (Å²) in [5.74, 6) is 0.556. The maximum Gasteiger partial charge on any atom is 0.0697 e. The van der Waals surface area contributed by atoms with Crippen LogP contribution in [-0.4, -0.2) is 39.4 Å². The second-order valence-corrected chi connectivity index (χ2v) is 10.4. The summed E-state index contributed by atoms with van der Waals surface area (Å²) in [6.45, 7) is 16.5. The van der Waals surface area contributed by atoms with Gasteiger partial charge in [-0.3, -0.25) is 10.00 Å². The van der Waals surface area contributed by atoms with Gasteiger partial charge < -0.3 is 4.74 Å². The molecular formula is C22H38N3O. The highest BCUT2D eigenvalue weighted by molar-refractivity contribution is 5.22. The Morgan fingerprint density at radius 3 is 2.46 bits per heavy atom. The smallest absolute Gasteiger partial charge is 0.0697 e. The minimum Gasteiger partial charge on any atom is -0.369 e. The first-order chi connectivity index (χ1) is 12.0. The second kappa shape index (κ2) is 6.94. The lowest BCUT2D eigenvalue weighted by molar-refractivity contribution is -0.105. The van der Waals surface area contributed by atoms with E-state index in [1.54, 1.807) is 0 Å². The van der Waals surface area contributed by atoms with Gasteiger partial charge in [-0.15, -0.1) is 0 Å². The Hall–Kier alpha value is -0.870. The summed E-state index contributed by atoms with van der Waals surface area (Å²) in [5.41, 5.74) is 2.97.